The van der Waals surface area contributed by atoms with Gasteiger partial charge in [0.1, 0.15) is 11.5 Å². The van der Waals surface area contributed by atoms with Crippen LogP contribution in [0, 0.1) is 0 Å². The number of hydrogen-bond donors (Lipinski definition) is 1. The lowest BCUT2D eigenvalue weighted by Gasteiger charge is -2.28. The molecule has 1 atom stereocenters. The van der Waals surface area contributed by atoms with E-state index in [1.54, 1.807) is 14.2 Å². The van der Waals surface area contributed by atoms with Crippen LogP contribution in [-0.4, -0.2) is 31.5 Å². The van der Waals surface area contributed by atoms with E-state index in [1.807, 2.05) is 18.2 Å². The minimum Gasteiger partial charge on any atom is -0.497 e. The number of ether oxygens (including phenoxy) is 3. The topological polar surface area (TPSA) is 39.7 Å². The zero-order valence-electron chi connectivity index (χ0n) is 13.2. The smallest absolute Gasteiger partial charge is 0.145 e. The first-order valence-corrected chi connectivity index (χ1v) is 6.96. The van der Waals surface area contributed by atoms with E-state index < -0.39 is 0 Å². The summed E-state index contributed by atoms with van der Waals surface area (Å²) in [5.41, 5.74) is 0.641. The Bertz CT molecular complexity index is 483. The first-order valence-electron chi connectivity index (χ1n) is 6.96. The number of nitrogens with one attached hydrogen (secondary N) is 1. The van der Waals surface area contributed by atoms with Gasteiger partial charge in [-0.15, -0.1) is 0 Å². The van der Waals surface area contributed by atoms with Gasteiger partial charge in [-0.3, -0.25) is 0 Å². The SMILES string of the molecule is COc1ccc(NC2CC(C)(C)OC2(C)C)c(OC)c1. The van der Waals surface area contributed by atoms with Crippen LogP contribution in [0.5, 0.6) is 11.5 Å². The van der Waals surface area contributed by atoms with E-state index in [1.165, 1.54) is 0 Å². The van der Waals surface area contributed by atoms with Crippen LogP contribution < -0.4 is 14.8 Å². The van der Waals surface area contributed by atoms with Gasteiger partial charge in [-0.2, -0.15) is 0 Å². The number of methoxy groups -OCH3 is 2. The molecule has 0 aromatic heterocycles. The fourth-order valence-corrected chi connectivity index (χ4v) is 2.89. The molecule has 20 heavy (non-hydrogen) atoms. The van der Waals surface area contributed by atoms with Crippen LogP contribution in [0.1, 0.15) is 34.1 Å². The van der Waals surface area contributed by atoms with Crippen molar-refractivity contribution in [1.29, 1.82) is 0 Å². The summed E-state index contributed by atoms with van der Waals surface area (Å²) in [5.74, 6) is 1.57. The summed E-state index contributed by atoms with van der Waals surface area (Å²) in [5, 5.41) is 3.55. The predicted molar refractivity (Wildman–Crippen MR) is 80.8 cm³/mol. The monoisotopic (exact) mass is 279 g/mol. The standard InChI is InChI=1S/C16H25NO3/c1-15(2)10-14(16(3,4)20-15)17-12-8-7-11(18-5)9-13(12)19-6/h7-9,14,17H,10H2,1-6H3. The van der Waals surface area contributed by atoms with E-state index >= 15 is 0 Å². The quantitative estimate of drug-likeness (QED) is 0.916. The van der Waals surface area contributed by atoms with Crippen molar-refractivity contribution >= 4 is 5.69 Å². The molecule has 0 spiro atoms. The second kappa shape index (κ2) is 5.17. The number of anilines is 1. The summed E-state index contributed by atoms with van der Waals surface area (Å²) in [4.78, 5) is 0. The highest BCUT2D eigenvalue weighted by Gasteiger charge is 2.46. The van der Waals surface area contributed by atoms with Gasteiger partial charge in [0.25, 0.3) is 0 Å². The molecule has 1 aromatic rings. The van der Waals surface area contributed by atoms with Crippen molar-refractivity contribution in [3.8, 4) is 11.5 Å². The summed E-state index contributed by atoms with van der Waals surface area (Å²) in [6.07, 6.45) is 0.954. The highest BCUT2D eigenvalue weighted by atomic mass is 16.5. The van der Waals surface area contributed by atoms with E-state index in [4.69, 9.17) is 14.2 Å². The van der Waals surface area contributed by atoms with E-state index in [9.17, 15) is 0 Å². The minimum absolute atomic E-state index is 0.110. The Kier molecular flexibility index (Phi) is 3.87. The van der Waals surface area contributed by atoms with Gasteiger partial charge in [0.15, 0.2) is 0 Å². The van der Waals surface area contributed by atoms with E-state index in [0.29, 0.717) is 0 Å². The van der Waals surface area contributed by atoms with Gasteiger partial charge in [0, 0.05) is 6.07 Å². The molecule has 1 saturated heterocycles. The Morgan fingerprint density at radius 3 is 2.35 bits per heavy atom. The number of benzene rings is 1. The van der Waals surface area contributed by atoms with Crippen LogP contribution in [0.3, 0.4) is 0 Å². The maximum Gasteiger partial charge on any atom is 0.145 e. The third-order valence-corrected chi connectivity index (χ3v) is 3.81. The molecule has 0 radical (unpaired) electrons. The second-order valence-corrected chi connectivity index (χ2v) is 6.43. The van der Waals surface area contributed by atoms with Crippen LogP contribution >= 0.6 is 0 Å². The van der Waals surface area contributed by atoms with E-state index in [-0.39, 0.29) is 17.2 Å². The first kappa shape index (κ1) is 15.0. The summed E-state index contributed by atoms with van der Waals surface area (Å²) in [6.45, 7) is 8.49. The van der Waals surface area contributed by atoms with Gasteiger partial charge < -0.3 is 19.5 Å². The lowest BCUT2D eigenvalue weighted by molar-refractivity contribution is -0.0662. The van der Waals surface area contributed by atoms with Gasteiger partial charge in [0.2, 0.25) is 0 Å². The van der Waals surface area contributed by atoms with Crippen molar-refractivity contribution in [1.82, 2.24) is 0 Å². The normalized spacial score (nSPS) is 23.4. The van der Waals surface area contributed by atoms with Crippen LogP contribution in [0.25, 0.3) is 0 Å². The zero-order chi connectivity index (χ0) is 15.0. The molecule has 0 saturated carbocycles. The van der Waals surface area contributed by atoms with E-state index in [2.05, 4.69) is 33.0 Å². The molecular weight excluding hydrogens is 254 g/mol. The number of rotatable bonds is 4. The van der Waals surface area contributed by atoms with Crippen molar-refractivity contribution in [2.24, 2.45) is 0 Å². The van der Waals surface area contributed by atoms with Gasteiger partial charge >= 0.3 is 0 Å². The maximum atomic E-state index is 6.11. The Hall–Kier alpha value is -1.42. The van der Waals surface area contributed by atoms with E-state index in [0.717, 1.165) is 23.6 Å². The fourth-order valence-electron chi connectivity index (χ4n) is 2.89. The molecule has 4 heteroatoms. The molecule has 112 valence electrons. The molecule has 0 amide bonds. The molecule has 1 heterocycles. The predicted octanol–water partition coefficient (Wildman–Crippen LogP) is 3.46. The zero-order valence-corrected chi connectivity index (χ0v) is 13.2. The highest BCUT2D eigenvalue weighted by molar-refractivity contribution is 5.60. The average molecular weight is 279 g/mol. The fraction of sp³-hybridized carbons (Fsp3) is 0.625. The molecule has 0 aliphatic carbocycles. The lowest BCUT2D eigenvalue weighted by atomic mass is 9.94. The molecule has 1 unspecified atom stereocenters. The van der Waals surface area contributed by atoms with Gasteiger partial charge in [-0.05, 0) is 46.2 Å². The molecule has 1 aliphatic heterocycles. The summed E-state index contributed by atoms with van der Waals surface area (Å²) in [6, 6.07) is 6.04. The molecule has 1 N–H and O–H groups in total. The molecule has 1 aromatic carbocycles. The average Bonchev–Trinajstić information content (AvgIpc) is 2.57. The van der Waals surface area contributed by atoms with Crippen molar-refractivity contribution in [2.75, 3.05) is 19.5 Å². The van der Waals surface area contributed by atoms with Gasteiger partial charge in [-0.1, -0.05) is 0 Å². The molecule has 1 aliphatic rings. The Labute approximate surface area is 121 Å². The van der Waals surface area contributed by atoms with Crippen LogP contribution in [0.2, 0.25) is 0 Å². The molecule has 1 fully saturated rings. The summed E-state index contributed by atoms with van der Waals surface area (Å²) >= 11 is 0. The Balaban J connectivity index is 2.22. The van der Waals surface area contributed by atoms with Gasteiger partial charge in [0.05, 0.1) is 37.2 Å². The summed E-state index contributed by atoms with van der Waals surface area (Å²) < 4.78 is 16.8. The van der Waals surface area contributed by atoms with Crippen molar-refractivity contribution < 1.29 is 14.2 Å². The Morgan fingerprint density at radius 2 is 1.85 bits per heavy atom. The molecule has 0 bridgehead atoms. The number of hydrogen-bond acceptors (Lipinski definition) is 4. The summed E-state index contributed by atoms with van der Waals surface area (Å²) in [7, 11) is 3.32. The first-order chi connectivity index (χ1) is 9.27. The van der Waals surface area contributed by atoms with Crippen LogP contribution in [-0.2, 0) is 4.74 Å². The minimum atomic E-state index is -0.214. The molecular formula is C16H25NO3. The molecule has 4 nitrogen and oxygen atoms in total. The second-order valence-electron chi connectivity index (χ2n) is 6.43. The largest absolute Gasteiger partial charge is 0.497 e. The van der Waals surface area contributed by atoms with Crippen molar-refractivity contribution in [3.05, 3.63) is 18.2 Å². The van der Waals surface area contributed by atoms with Crippen molar-refractivity contribution in [3.63, 3.8) is 0 Å². The Morgan fingerprint density at radius 1 is 1.15 bits per heavy atom. The third kappa shape index (κ3) is 3.01. The molecule has 2 rings (SSSR count). The maximum absolute atomic E-state index is 6.11. The van der Waals surface area contributed by atoms with Crippen molar-refractivity contribution in [2.45, 2.75) is 51.4 Å². The van der Waals surface area contributed by atoms with Crippen LogP contribution in [0.4, 0.5) is 5.69 Å². The lowest BCUT2D eigenvalue weighted by Crippen LogP contribution is -2.38. The van der Waals surface area contributed by atoms with Crippen LogP contribution in [0.15, 0.2) is 18.2 Å². The van der Waals surface area contributed by atoms with Gasteiger partial charge in [-0.25, -0.2) is 0 Å². The highest BCUT2D eigenvalue weighted by Crippen LogP contribution is 2.40. The third-order valence-electron chi connectivity index (χ3n) is 3.81.